The van der Waals surface area contributed by atoms with Crippen LogP contribution in [0, 0.1) is 0 Å². The van der Waals surface area contributed by atoms with Crippen LogP contribution in [-0.2, 0) is 6.54 Å². The van der Waals surface area contributed by atoms with Gasteiger partial charge in [0.15, 0.2) is 0 Å². The maximum atomic E-state index is 12.5. The van der Waals surface area contributed by atoms with E-state index >= 15 is 0 Å². The minimum Gasteiger partial charge on any atom is -0.508 e. The third-order valence-electron chi connectivity index (χ3n) is 3.43. The van der Waals surface area contributed by atoms with Gasteiger partial charge in [-0.3, -0.25) is 9.36 Å². The summed E-state index contributed by atoms with van der Waals surface area (Å²) in [6.45, 7) is 2.36. The van der Waals surface area contributed by atoms with Crippen molar-refractivity contribution in [2.24, 2.45) is 5.10 Å². The van der Waals surface area contributed by atoms with E-state index in [1.165, 1.54) is 4.57 Å². The van der Waals surface area contributed by atoms with Crippen molar-refractivity contribution < 1.29 is 5.11 Å². The van der Waals surface area contributed by atoms with Gasteiger partial charge in [0.1, 0.15) is 5.75 Å². The number of hydrogen-bond acceptors (Lipinski definition) is 5. The van der Waals surface area contributed by atoms with Crippen molar-refractivity contribution in [1.82, 2.24) is 9.55 Å². The summed E-state index contributed by atoms with van der Waals surface area (Å²) in [6.07, 6.45) is 1.56. The topological polar surface area (TPSA) is 79.5 Å². The van der Waals surface area contributed by atoms with E-state index in [0.717, 1.165) is 5.56 Å². The van der Waals surface area contributed by atoms with Crippen molar-refractivity contribution in [3.8, 4) is 5.75 Å². The van der Waals surface area contributed by atoms with E-state index in [-0.39, 0.29) is 11.3 Å². The van der Waals surface area contributed by atoms with Crippen LogP contribution in [0.4, 0.5) is 5.95 Å². The van der Waals surface area contributed by atoms with Crippen molar-refractivity contribution in [2.45, 2.75) is 13.5 Å². The van der Waals surface area contributed by atoms with Crippen LogP contribution in [0.25, 0.3) is 10.9 Å². The van der Waals surface area contributed by atoms with Crippen LogP contribution in [0.2, 0.25) is 0 Å². The first-order valence-corrected chi connectivity index (χ1v) is 7.26. The van der Waals surface area contributed by atoms with E-state index in [9.17, 15) is 9.90 Å². The zero-order chi connectivity index (χ0) is 16.2. The monoisotopic (exact) mass is 308 g/mol. The number of fused-ring (bicyclic) bond motifs is 1. The Bertz CT molecular complexity index is 931. The minimum atomic E-state index is -0.104. The van der Waals surface area contributed by atoms with Gasteiger partial charge >= 0.3 is 0 Å². The second-order valence-corrected chi connectivity index (χ2v) is 4.97. The second kappa shape index (κ2) is 6.31. The van der Waals surface area contributed by atoms with Crippen LogP contribution < -0.4 is 11.0 Å². The number of anilines is 1. The molecule has 1 heterocycles. The number of nitrogens with one attached hydrogen (secondary N) is 1. The lowest BCUT2D eigenvalue weighted by atomic mass is 10.2. The first-order valence-electron chi connectivity index (χ1n) is 7.26. The van der Waals surface area contributed by atoms with Crippen LogP contribution >= 0.6 is 0 Å². The summed E-state index contributed by atoms with van der Waals surface area (Å²) in [7, 11) is 0. The molecular formula is C17H16N4O2. The molecule has 6 nitrogen and oxygen atoms in total. The maximum Gasteiger partial charge on any atom is 0.262 e. The fourth-order valence-corrected chi connectivity index (χ4v) is 2.32. The van der Waals surface area contributed by atoms with Gasteiger partial charge < -0.3 is 5.11 Å². The second-order valence-electron chi connectivity index (χ2n) is 4.97. The Morgan fingerprint density at radius 2 is 2.09 bits per heavy atom. The summed E-state index contributed by atoms with van der Waals surface area (Å²) in [6, 6.07) is 13.9. The van der Waals surface area contributed by atoms with Gasteiger partial charge in [-0.1, -0.05) is 24.3 Å². The third-order valence-corrected chi connectivity index (χ3v) is 3.43. The molecule has 2 aromatic carbocycles. The molecule has 0 bridgehead atoms. The lowest BCUT2D eigenvalue weighted by Crippen LogP contribution is -2.23. The predicted molar refractivity (Wildman–Crippen MR) is 91.0 cm³/mol. The van der Waals surface area contributed by atoms with Gasteiger partial charge in [-0.15, -0.1) is 0 Å². The molecule has 0 amide bonds. The Balaban J connectivity index is 1.95. The number of aromatic nitrogens is 2. The van der Waals surface area contributed by atoms with Crippen molar-refractivity contribution in [3.63, 3.8) is 0 Å². The third kappa shape index (κ3) is 3.06. The standard InChI is InChI=1S/C17H16N4O2/c1-2-21-16(23)14-8-3-4-9-15(14)19-17(21)20-18-11-12-6-5-7-13(22)10-12/h3-11,22H,2H2,1H3,(H,19,20)/b18-11-. The molecule has 0 unspecified atom stereocenters. The highest BCUT2D eigenvalue weighted by atomic mass is 16.3. The molecule has 1 aromatic heterocycles. The largest absolute Gasteiger partial charge is 0.508 e. The summed E-state index contributed by atoms with van der Waals surface area (Å²) in [5.41, 5.74) is 4.06. The molecule has 0 atom stereocenters. The average Bonchev–Trinajstić information content (AvgIpc) is 2.55. The molecule has 23 heavy (non-hydrogen) atoms. The summed E-state index contributed by atoms with van der Waals surface area (Å²) in [4.78, 5) is 16.9. The van der Waals surface area contributed by atoms with Gasteiger partial charge in [0, 0.05) is 6.54 Å². The number of nitrogens with zero attached hydrogens (tertiary/aromatic N) is 3. The van der Waals surface area contributed by atoms with Crippen molar-refractivity contribution in [1.29, 1.82) is 0 Å². The highest BCUT2D eigenvalue weighted by molar-refractivity contribution is 5.81. The van der Waals surface area contributed by atoms with Crippen molar-refractivity contribution in [2.75, 3.05) is 5.43 Å². The molecule has 6 heteroatoms. The van der Waals surface area contributed by atoms with E-state index in [1.807, 2.05) is 25.1 Å². The van der Waals surface area contributed by atoms with Gasteiger partial charge in [0.2, 0.25) is 5.95 Å². The van der Waals surface area contributed by atoms with Gasteiger partial charge in [0.25, 0.3) is 5.56 Å². The van der Waals surface area contributed by atoms with Crippen LogP contribution in [0.1, 0.15) is 12.5 Å². The smallest absolute Gasteiger partial charge is 0.262 e. The normalized spacial score (nSPS) is 11.2. The summed E-state index contributed by atoms with van der Waals surface area (Å²) in [5, 5.41) is 14.1. The molecule has 3 aromatic rings. The highest BCUT2D eigenvalue weighted by Gasteiger charge is 2.08. The SMILES string of the molecule is CCn1c(N/N=C\c2cccc(O)c2)nc2ccccc2c1=O. The molecular weight excluding hydrogens is 292 g/mol. The summed E-state index contributed by atoms with van der Waals surface area (Å²) in [5.74, 6) is 0.552. The Morgan fingerprint density at radius 1 is 1.26 bits per heavy atom. The average molecular weight is 308 g/mol. The molecule has 116 valence electrons. The zero-order valence-electron chi connectivity index (χ0n) is 12.6. The van der Waals surface area contributed by atoms with E-state index in [4.69, 9.17) is 0 Å². The molecule has 0 aliphatic rings. The molecule has 0 radical (unpaired) electrons. The predicted octanol–water partition coefficient (Wildman–Crippen LogP) is 2.57. The molecule has 0 saturated heterocycles. The number of rotatable bonds is 4. The lowest BCUT2D eigenvalue weighted by Gasteiger charge is -2.10. The fourth-order valence-electron chi connectivity index (χ4n) is 2.32. The molecule has 2 N–H and O–H groups in total. The molecule has 0 fully saturated rings. The number of para-hydroxylation sites is 1. The summed E-state index contributed by atoms with van der Waals surface area (Å²) >= 11 is 0. The minimum absolute atomic E-state index is 0.104. The van der Waals surface area contributed by atoms with E-state index in [2.05, 4.69) is 15.5 Å². The van der Waals surface area contributed by atoms with E-state index in [1.54, 1.807) is 36.5 Å². The van der Waals surface area contributed by atoms with Crippen LogP contribution in [-0.4, -0.2) is 20.9 Å². The number of benzene rings is 2. The van der Waals surface area contributed by atoms with Crippen LogP contribution in [0.5, 0.6) is 5.75 Å². The fraction of sp³-hybridized carbons (Fsp3) is 0.118. The van der Waals surface area contributed by atoms with E-state index < -0.39 is 0 Å². The molecule has 0 saturated carbocycles. The van der Waals surface area contributed by atoms with Gasteiger partial charge in [-0.2, -0.15) is 5.10 Å². The Morgan fingerprint density at radius 3 is 2.87 bits per heavy atom. The number of hydrazone groups is 1. The molecule has 0 aliphatic heterocycles. The first-order chi connectivity index (χ1) is 11.2. The Hall–Kier alpha value is -3.15. The number of phenolic OH excluding ortho intramolecular Hbond substituents is 1. The molecule has 0 spiro atoms. The quantitative estimate of drug-likeness (QED) is 0.573. The van der Waals surface area contributed by atoms with Crippen molar-refractivity contribution >= 4 is 23.1 Å². The van der Waals surface area contributed by atoms with E-state index in [0.29, 0.717) is 23.4 Å². The Kier molecular flexibility index (Phi) is 4.05. The van der Waals surface area contributed by atoms with Crippen LogP contribution in [0.15, 0.2) is 58.4 Å². The number of phenols is 1. The van der Waals surface area contributed by atoms with Crippen molar-refractivity contribution in [3.05, 3.63) is 64.4 Å². The molecule has 0 aliphatic carbocycles. The molecule has 3 rings (SSSR count). The highest BCUT2D eigenvalue weighted by Crippen LogP contribution is 2.12. The zero-order valence-corrected chi connectivity index (χ0v) is 12.6. The lowest BCUT2D eigenvalue weighted by molar-refractivity contribution is 0.475. The van der Waals surface area contributed by atoms with Gasteiger partial charge in [0.05, 0.1) is 17.1 Å². The van der Waals surface area contributed by atoms with Crippen LogP contribution in [0.3, 0.4) is 0 Å². The van der Waals surface area contributed by atoms with Gasteiger partial charge in [-0.05, 0) is 36.8 Å². The maximum absolute atomic E-state index is 12.5. The van der Waals surface area contributed by atoms with Gasteiger partial charge in [-0.25, -0.2) is 10.4 Å². The Labute approximate surface area is 132 Å². The summed E-state index contributed by atoms with van der Waals surface area (Å²) < 4.78 is 1.53. The number of aromatic hydroxyl groups is 1. The first kappa shape index (κ1) is 14.8. The number of hydrogen-bond donors (Lipinski definition) is 2.